The number of rotatable bonds is 4. The van der Waals surface area contributed by atoms with E-state index in [9.17, 15) is 5.11 Å². The van der Waals surface area contributed by atoms with E-state index >= 15 is 0 Å². The maximum atomic E-state index is 9.64. The highest BCUT2D eigenvalue weighted by Crippen LogP contribution is 2.17. The van der Waals surface area contributed by atoms with E-state index < -0.39 is 5.60 Å². The molecule has 1 nitrogen and oxygen atoms in total. The lowest BCUT2D eigenvalue weighted by Crippen LogP contribution is -2.20. The van der Waals surface area contributed by atoms with Crippen LogP contribution in [-0.2, 0) is 6.42 Å². The van der Waals surface area contributed by atoms with Crippen LogP contribution >= 0.6 is 11.6 Å². The molecule has 1 aromatic carbocycles. The standard InChI is InChI=1S/C12H14ClO/c1-3-12(2,14)8-7-10-5-4-6-11(13)9-10/h1,3-6,9,14H,7-8H2,2H3. The number of benzene rings is 1. The summed E-state index contributed by atoms with van der Waals surface area (Å²) in [4.78, 5) is 0. The van der Waals surface area contributed by atoms with Crippen LogP contribution in [0, 0.1) is 6.58 Å². The van der Waals surface area contributed by atoms with E-state index in [0.717, 1.165) is 17.0 Å². The van der Waals surface area contributed by atoms with Crippen LogP contribution in [0.5, 0.6) is 0 Å². The molecule has 0 saturated heterocycles. The van der Waals surface area contributed by atoms with Crippen molar-refractivity contribution in [3.8, 4) is 0 Å². The second kappa shape index (κ2) is 4.63. The molecule has 1 rings (SSSR count). The minimum atomic E-state index is -0.900. The van der Waals surface area contributed by atoms with Gasteiger partial charge in [0.25, 0.3) is 0 Å². The van der Waals surface area contributed by atoms with Crippen LogP contribution in [0.25, 0.3) is 0 Å². The average Bonchev–Trinajstić information content (AvgIpc) is 2.15. The number of halogens is 1. The summed E-state index contributed by atoms with van der Waals surface area (Å²) in [5.74, 6) is 0. The molecule has 75 valence electrons. The quantitative estimate of drug-likeness (QED) is 0.809. The first-order chi connectivity index (χ1) is 6.53. The SMILES string of the molecule is [CH]=CC(C)(O)CCc1cccc(Cl)c1. The van der Waals surface area contributed by atoms with Gasteiger partial charge in [0.1, 0.15) is 0 Å². The molecule has 1 unspecified atom stereocenters. The first-order valence-corrected chi connectivity index (χ1v) is 4.94. The summed E-state index contributed by atoms with van der Waals surface area (Å²) >= 11 is 5.83. The monoisotopic (exact) mass is 209 g/mol. The van der Waals surface area contributed by atoms with Crippen molar-refractivity contribution in [3.05, 3.63) is 47.5 Å². The van der Waals surface area contributed by atoms with Gasteiger partial charge in [0, 0.05) is 5.02 Å². The molecule has 0 bridgehead atoms. The Hall–Kier alpha value is -0.790. The van der Waals surface area contributed by atoms with Crippen molar-refractivity contribution in [3.63, 3.8) is 0 Å². The van der Waals surface area contributed by atoms with Crippen molar-refractivity contribution in [1.29, 1.82) is 0 Å². The number of hydrogen-bond acceptors (Lipinski definition) is 1. The lowest BCUT2D eigenvalue weighted by molar-refractivity contribution is 0.102. The largest absolute Gasteiger partial charge is 0.386 e. The molecule has 0 aliphatic carbocycles. The zero-order valence-corrected chi connectivity index (χ0v) is 8.96. The van der Waals surface area contributed by atoms with Gasteiger partial charge in [-0.15, -0.1) is 0 Å². The summed E-state index contributed by atoms with van der Waals surface area (Å²) < 4.78 is 0. The second-order valence-electron chi connectivity index (χ2n) is 3.65. The van der Waals surface area contributed by atoms with Crippen molar-refractivity contribution >= 4 is 11.6 Å². The van der Waals surface area contributed by atoms with Crippen molar-refractivity contribution < 1.29 is 5.11 Å². The smallest absolute Gasteiger partial charge is 0.0805 e. The van der Waals surface area contributed by atoms with Gasteiger partial charge < -0.3 is 5.11 Å². The van der Waals surface area contributed by atoms with Crippen LogP contribution in [0.1, 0.15) is 18.9 Å². The molecule has 2 heteroatoms. The van der Waals surface area contributed by atoms with Crippen LogP contribution in [0.3, 0.4) is 0 Å². The molecule has 0 fully saturated rings. The maximum absolute atomic E-state index is 9.64. The summed E-state index contributed by atoms with van der Waals surface area (Å²) in [6.07, 6.45) is 2.68. The van der Waals surface area contributed by atoms with Crippen LogP contribution in [0.15, 0.2) is 30.3 Å². The first kappa shape index (κ1) is 11.3. The molecule has 0 amide bonds. The fraction of sp³-hybridized carbons (Fsp3) is 0.333. The Labute approximate surface area is 90.0 Å². The highest BCUT2D eigenvalue weighted by molar-refractivity contribution is 6.30. The summed E-state index contributed by atoms with van der Waals surface area (Å²) in [7, 11) is 0. The molecule has 0 saturated carbocycles. The Kier molecular flexibility index (Phi) is 3.73. The Bertz CT molecular complexity index is 318. The van der Waals surface area contributed by atoms with E-state index in [0.29, 0.717) is 6.42 Å². The third-order valence-electron chi connectivity index (χ3n) is 2.17. The lowest BCUT2D eigenvalue weighted by Gasteiger charge is -2.17. The molecular formula is C12H14ClO. The summed E-state index contributed by atoms with van der Waals surface area (Å²) in [6, 6.07) is 7.61. The third kappa shape index (κ3) is 3.52. The third-order valence-corrected chi connectivity index (χ3v) is 2.40. The molecule has 1 aromatic rings. The van der Waals surface area contributed by atoms with Gasteiger partial charge in [-0.2, -0.15) is 0 Å². The van der Waals surface area contributed by atoms with Crippen LogP contribution in [0.4, 0.5) is 0 Å². The van der Waals surface area contributed by atoms with E-state index in [1.165, 1.54) is 6.08 Å². The Morgan fingerprint density at radius 2 is 2.29 bits per heavy atom. The first-order valence-electron chi connectivity index (χ1n) is 4.56. The fourth-order valence-electron chi connectivity index (χ4n) is 1.17. The van der Waals surface area contributed by atoms with Gasteiger partial charge in [-0.05, 0) is 37.5 Å². The summed E-state index contributed by atoms with van der Waals surface area (Å²) in [5.41, 5.74) is 0.210. The molecule has 0 aliphatic heterocycles. The molecular weight excluding hydrogens is 196 g/mol. The Balaban J connectivity index is 2.58. The Morgan fingerprint density at radius 3 is 2.86 bits per heavy atom. The van der Waals surface area contributed by atoms with Crippen molar-refractivity contribution in [1.82, 2.24) is 0 Å². The van der Waals surface area contributed by atoms with Gasteiger partial charge in [0.05, 0.1) is 5.60 Å². The highest BCUT2D eigenvalue weighted by atomic mass is 35.5. The van der Waals surface area contributed by atoms with Gasteiger partial charge >= 0.3 is 0 Å². The van der Waals surface area contributed by atoms with E-state index in [-0.39, 0.29) is 0 Å². The van der Waals surface area contributed by atoms with Gasteiger partial charge in [-0.3, -0.25) is 0 Å². The highest BCUT2D eigenvalue weighted by Gasteiger charge is 2.14. The predicted molar refractivity (Wildman–Crippen MR) is 59.3 cm³/mol. The minimum Gasteiger partial charge on any atom is -0.386 e. The van der Waals surface area contributed by atoms with Crippen molar-refractivity contribution in [2.24, 2.45) is 0 Å². The van der Waals surface area contributed by atoms with Gasteiger partial charge in [0.2, 0.25) is 0 Å². The number of aryl methyl sites for hydroxylation is 1. The number of hydrogen-bond donors (Lipinski definition) is 1. The summed E-state index contributed by atoms with van der Waals surface area (Å²) in [6.45, 7) is 6.99. The van der Waals surface area contributed by atoms with E-state index in [1.807, 2.05) is 24.3 Å². The molecule has 1 atom stereocenters. The average molecular weight is 210 g/mol. The van der Waals surface area contributed by atoms with Crippen LogP contribution in [-0.4, -0.2) is 10.7 Å². The van der Waals surface area contributed by atoms with E-state index in [1.54, 1.807) is 6.92 Å². The predicted octanol–water partition coefficient (Wildman–Crippen LogP) is 3.01. The van der Waals surface area contributed by atoms with Crippen molar-refractivity contribution in [2.45, 2.75) is 25.4 Å². The maximum Gasteiger partial charge on any atom is 0.0805 e. The Morgan fingerprint density at radius 1 is 1.57 bits per heavy atom. The van der Waals surface area contributed by atoms with Gasteiger partial charge in [-0.1, -0.05) is 36.4 Å². The molecule has 0 heterocycles. The molecule has 0 spiro atoms. The molecule has 14 heavy (non-hydrogen) atoms. The molecule has 1 radical (unpaired) electrons. The van der Waals surface area contributed by atoms with Crippen molar-refractivity contribution in [2.75, 3.05) is 0 Å². The lowest BCUT2D eigenvalue weighted by atomic mass is 9.97. The van der Waals surface area contributed by atoms with Crippen LogP contribution in [0.2, 0.25) is 5.02 Å². The number of aliphatic hydroxyl groups is 1. The van der Waals surface area contributed by atoms with E-state index in [4.69, 9.17) is 18.2 Å². The zero-order valence-electron chi connectivity index (χ0n) is 8.20. The second-order valence-corrected chi connectivity index (χ2v) is 4.09. The molecule has 0 aromatic heterocycles. The van der Waals surface area contributed by atoms with Crippen LogP contribution < -0.4 is 0 Å². The van der Waals surface area contributed by atoms with E-state index in [2.05, 4.69) is 0 Å². The molecule has 1 N–H and O–H groups in total. The van der Waals surface area contributed by atoms with Gasteiger partial charge in [-0.25, -0.2) is 0 Å². The zero-order chi connectivity index (χ0) is 10.6. The minimum absolute atomic E-state index is 0.601. The molecule has 0 aliphatic rings. The summed E-state index contributed by atoms with van der Waals surface area (Å²) in [5, 5.41) is 10.4. The normalized spacial score (nSPS) is 14.8. The van der Waals surface area contributed by atoms with Gasteiger partial charge in [0.15, 0.2) is 0 Å². The fourth-order valence-corrected chi connectivity index (χ4v) is 1.39. The topological polar surface area (TPSA) is 20.2 Å².